The van der Waals surface area contributed by atoms with Gasteiger partial charge in [0, 0.05) is 31.3 Å². The van der Waals surface area contributed by atoms with Gasteiger partial charge in [0.25, 0.3) is 5.91 Å². The summed E-state index contributed by atoms with van der Waals surface area (Å²) in [6, 6.07) is 0.655. The number of likely N-dealkylation sites (N-methyl/N-ethyl adjacent to an activating group) is 1. The van der Waals surface area contributed by atoms with Crippen LogP contribution in [0.4, 0.5) is 10.1 Å². The monoisotopic (exact) mass is 545 g/mol. The molecule has 3 aliphatic rings. The Balaban J connectivity index is 1.94. The first-order valence-electron chi connectivity index (χ1n) is 12.9. The lowest BCUT2D eigenvalue weighted by atomic mass is 9.57. The minimum absolute atomic E-state index is 0.0230. The van der Waals surface area contributed by atoms with Crippen molar-refractivity contribution >= 4 is 28.9 Å². The first kappa shape index (κ1) is 28.6. The molecule has 0 bridgehead atoms. The number of ketones is 2. The van der Waals surface area contributed by atoms with Crippen LogP contribution in [0.25, 0.3) is 5.76 Å². The standard InChI is InChI=1S/C28H36FN3O7/c1-12(11-29)6-7-13-10-17(31(2)3)15-8-14-9-16-21(32(4)5)24(35)20(27(30)38)26(37)28(16,39)25(36)18(14)23(34)19(15)22(13)33/h10,12,14,16,21,33-34,37,39H,6-9,11H2,1-5H3,(H2,30,38)/t12?,14-,16-,21?,28-/m0/s1. The molecule has 0 spiro atoms. The molecule has 0 heterocycles. The molecule has 2 unspecified atom stereocenters. The number of hydrogen-bond donors (Lipinski definition) is 5. The van der Waals surface area contributed by atoms with Gasteiger partial charge in [0.1, 0.15) is 22.8 Å². The first-order chi connectivity index (χ1) is 18.2. The number of aromatic hydroxyl groups is 1. The van der Waals surface area contributed by atoms with Crippen LogP contribution in [0.3, 0.4) is 0 Å². The SMILES string of the molecule is CC(CF)CCc1cc(N(C)C)c2c(c1O)C(O)=C1C(=O)[C@]3(O)C(O)=C(C(N)=O)C(=O)C(N(C)C)[C@@H]3C[C@@H]1C2. The van der Waals surface area contributed by atoms with E-state index >= 15 is 0 Å². The second-order valence-electron chi connectivity index (χ2n) is 11.4. The van der Waals surface area contributed by atoms with Crippen molar-refractivity contribution in [3.05, 3.63) is 39.7 Å². The Kier molecular flexibility index (Phi) is 7.28. The van der Waals surface area contributed by atoms with Crippen LogP contribution in [0.2, 0.25) is 0 Å². The van der Waals surface area contributed by atoms with Gasteiger partial charge in [-0.05, 0) is 68.8 Å². The zero-order chi connectivity index (χ0) is 29.1. The predicted octanol–water partition coefficient (Wildman–Crippen LogP) is 1.57. The van der Waals surface area contributed by atoms with Gasteiger partial charge in [-0.15, -0.1) is 0 Å². The Bertz CT molecular complexity index is 1320. The number of aryl methyl sites for hydroxylation is 1. The molecule has 1 saturated carbocycles. The maximum Gasteiger partial charge on any atom is 0.255 e. The number of primary amides is 1. The highest BCUT2D eigenvalue weighted by molar-refractivity contribution is 6.24. The van der Waals surface area contributed by atoms with Crippen LogP contribution in [0.5, 0.6) is 5.75 Å². The minimum Gasteiger partial charge on any atom is -0.508 e. The molecule has 1 aromatic rings. The number of carbonyl (C=O) groups is 3. The summed E-state index contributed by atoms with van der Waals surface area (Å²) < 4.78 is 13.1. The molecule has 5 atom stereocenters. The number of benzene rings is 1. The van der Waals surface area contributed by atoms with Crippen LogP contribution in [0, 0.1) is 17.8 Å². The maximum absolute atomic E-state index is 14.0. The summed E-state index contributed by atoms with van der Waals surface area (Å²) in [6.45, 7) is 1.23. The van der Waals surface area contributed by atoms with Gasteiger partial charge < -0.3 is 31.1 Å². The van der Waals surface area contributed by atoms with Crippen molar-refractivity contribution in [3.63, 3.8) is 0 Å². The molecule has 1 fully saturated rings. The molecule has 3 aliphatic carbocycles. The molecule has 39 heavy (non-hydrogen) atoms. The summed E-state index contributed by atoms with van der Waals surface area (Å²) in [5, 5.41) is 45.4. The largest absolute Gasteiger partial charge is 0.508 e. The summed E-state index contributed by atoms with van der Waals surface area (Å²) in [6.07, 6.45) is 1.01. The van der Waals surface area contributed by atoms with Crippen molar-refractivity contribution in [1.82, 2.24) is 4.90 Å². The molecule has 1 amide bonds. The van der Waals surface area contributed by atoms with Crippen molar-refractivity contribution in [2.45, 2.75) is 44.2 Å². The van der Waals surface area contributed by atoms with Gasteiger partial charge in [-0.1, -0.05) is 6.92 Å². The third-order valence-corrected chi connectivity index (χ3v) is 8.43. The molecular weight excluding hydrogens is 509 g/mol. The fourth-order valence-electron chi connectivity index (χ4n) is 6.41. The number of phenolic OH excluding ortho intramolecular Hbond substituents is 1. The lowest BCUT2D eigenvalue weighted by molar-refractivity contribution is -0.153. The average Bonchev–Trinajstić information content (AvgIpc) is 2.84. The second-order valence-corrected chi connectivity index (χ2v) is 11.4. The van der Waals surface area contributed by atoms with Crippen LogP contribution in [-0.2, 0) is 27.2 Å². The summed E-state index contributed by atoms with van der Waals surface area (Å²) in [5.41, 5.74) is 3.43. The Labute approximate surface area is 226 Å². The number of carbonyl (C=O) groups excluding carboxylic acids is 3. The topological polar surface area (TPSA) is 165 Å². The number of phenols is 1. The van der Waals surface area contributed by atoms with E-state index in [9.17, 15) is 39.2 Å². The zero-order valence-corrected chi connectivity index (χ0v) is 22.8. The number of rotatable bonds is 7. The summed E-state index contributed by atoms with van der Waals surface area (Å²) in [7, 11) is 6.72. The van der Waals surface area contributed by atoms with Crippen LogP contribution in [0.1, 0.15) is 36.5 Å². The van der Waals surface area contributed by atoms with Crippen LogP contribution >= 0.6 is 0 Å². The van der Waals surface area contributed by atoms with Crippen LogP contribution in [0.15, 0.2) is 23.0 Å². The van der Waals surface area contributed by atoms with E-state index in [2.05, 4.69) is 0 Å². The van der Waals surface area contributed by atoms with Gasteiger partial charge in [-0.2, -0.15) is 0 Å². The number of anilines is 1. The molecule has 4 rings (SSSR count). The van der Waals surface area contributed by atoms with Crippen molar-refractivity contribution < 1.29 is 39.2 Å². The molecule has 11 heteroatoms. The molecule has 10 nitrogen and oxygen atoms in total. The highest BCUT2D eigenvalue weighted by Crippen LogP contribution is 2.54. The number of halogens is 1. The Morgan fingerprint density at radius 2 is 1.85 bits per heavy atom. The quantitative estimate of drug-likeness (QED) is 0.320. The van der Waals surface area contributed by atoms with Crippen LogP contribution < -0.4 is 10.6 Å². The highest BCUT2D eigenvalue weighted by Gasteiger charge is 2.64. The minimum atomic E-state index is -2.68. The van der Waals surface area contributed by atoms with E-state index in [-0.39, 0.29) is 35.6 Å². The Hall–Kier alpha value is -3.44. The summed E-state index contributed by atoms with van der Waals surface area (Å²) in [5.74, 6) is -7.04. The Morgan fingerprint density at radius 1 is 1.21 bits per heavy atom. The first-order valence-corrected chi connectivity index (χ1v) is 12.9. The van der Waals surface area contributed by atoms with E-state index < -0.39 is 64.7 Å². The molecule has 0 aromatic heterocycles. The lowest BCUT2D eigenvalue weighted by Crippen LogP contribution is -2.65. The molecule has 0 saturated heterocycles. The van der Waals surface area contributed by atoms with E-state index in [1.165, 1.54) is 4.90 Å². The maximum atomic E-state index is 14.0. The number of nitrogens with zero attached hydrogens (tertiary/aromatic N) is 2. The fourth-order valence-corrected chi connectivity index (χ4v) is 6.41. The van der Waals surface area contributed by atoms with E-state index in [0.717, 1.165) is 0 Å². The Morgan fingerprint density at radius 3 is 2.38 bits per heavy atom. The smallest absolute Gasteiger partial charge is 0.255 e. The normalized spacial score (nSPS) is 27.3. The number of Topliss-reactive ketones (excluding diaryl/α,β-unsaturated/α-hetero) is 2. The second kappa shape index (κ2) is 9.95. The molecule has 212 valence electrons. The van der Waals surface area contributed by atoms with Gasteiger partial charge in [0.15, 0.2) is 11.4 Å². The lowest BCUT2D eigenvalue weighted by Gasteiger charge is -2.50. The average molecular weight is 546 g/mol. The molecule has 6 N–H and O–H groups in total. The van der Waals surface area contributed by atoms with Gasteiger partial charge in [0.2, 0.25) is 5.78 Å². The molecule has 1 aromatic carbocycles. The van der Waals surface area contributed by atoms with E-state index in [4.69, 9.17) is 5.73 Å². The number of alkyl halides is 1. The third kappa shape index (κ3) is 4.19. The van der Waals surface area contributed by atoms with E-state index in [1.54, 1.807) is 41.2 Å². The van der Waals surface area contributed by atoms with E-state index in [0.29, 0.717) is 29.7 Å². The fraction of sp³-hybridized carbons (Fsp3) is 0.536. The predicted molar refractivity (Wildman–Crippen MR) is 142 cm³/mol. The van der Waals surface area contributed by atoms with Gasteiger partial charge in [0.05, 0.1) is 18.3 Å². The molecule has 0 radical (unpaired) electrons. The molecular formula is C28H36FN3O7. The van der Waals surface area contributed by atoms with Crippen molar-refractivity contribution in [2.75, 3.05) is 39.8 Å². The van der Waals surface area contributed by atoms with Crippen molar-refractivity contribution in [3.8, 4) is 5.75 Å². The highest BCUT2D eigenvalue weighted by atomic mass is 19.1. The third-order valence-electron chi connectivity index (χ3n) is 8.43. The number of amides is 1. The number of hydrogen-bond acceptors (Lipinski definition) is 9. The summed E-state index contributed by atoms with van der Waals surface area (Å²) >= 11 is 0. The van der Waals surface area contributed by atoms with Crippen LogP contribution in [-0.4, -0.2) is 89.3 Å². The number of nitrogens with two attached hydrogens (primary N) is 1. The van der Waals surface area contributed by atoms with Gasteiger partial charge >= 0.3 is 0 Å². The number of aliphatic hydroxyl groups excluding tert-OH is 2. The number of fused-ring (bicyclic) bond motifs is 3. The molecule has 0 aliphatic heterocycles. The van der Waals surface area contributed by atoms with Gasteiger partial charge in [-0.25, -0.2) is 0 Å². The summed E-state index contributed by atoms with van der Waals surface area (Å²) in [4.78, 5) is 42.6. The zero-order valence-electron chi connectivity index (χ0n) is 22.8. The van der Waals surface area contributed by atoms with Crippen molar-refractivity contribution in [1.29, 1.82) is 0 Å². The van der Waals surface area contributed by atoms with Gasteiger partial charge in [-0.3, -0.25) is 23.7 Å². The number of aliphatic hydroxyl groups is 3. The van der Waals surface area contributed by atoms with E-state index in [1.807, 2.05) is 4.90 Å². The van der Waals surface area contributed by atoms with Crippen molar-refractivity contribution in [2.24, 2.45) is 23.5 Å².